The van der Waals surface area contributed by atoms with E-state index in [1.165, 1.54) is 0 Å². The van der Waals surface area contributed by atoms with Crippen molar-refractivity contribution >= 4 is 17.9 Å². The van der Waals surface area contributed by atoms with Crippen LogP contribution >= 0.6 is 0 Å². The van der Waals surface area contributed by atoms with Gasteiger partial charge in [-0.3, -0.25) is 14.4 Å². The number of aliphatic hydroxyl groups is 3. The van der Waals surface area contributed by atoms with Gasteiger partial charge < -0.3 is 58.0 Å². The van der Waals surface area contributed by atoms with Crippen LogP contribution in [0.3, 0.4) is 0 Å². The normalized spacial score (nSPS) is 17.6. The number of rotatable bonds is 32. The lowest BCUT2D eigenvalue weighted by atomic mass is 10.2. The lowest BCUT2D eigenvalue weighted by Crippen LogP contribution is -2.33. The molecular weight excluding hydrogens is 672 g/mol. The Hall–Kier alpha value is -1.95. The monoisotopic (exact) mass is 740 g/mol. The van der Waals surface area contributed by atoms with Crippen molar-refractivity contribution in [3.05, 3.63) is 0 Å². The Morgan fingerprint density at radius 3 is 0.961 bits per heavy atom. The number of carbonyl (C=O) groups excluding carboxylic acids is 3. The van der Waals surface area contributed by atoms with E-state index in [2.05, 4.69) is 0 Å². The first-order chi connectivity index (χ1) is 24.1. The molecule has 0 heterocycles. The van der Waals surface area contributed by atoms with Crippen molar-refractivity contribution in [2.75, 3.05) is 52.9 Å². The highest BCUT2D eigenvalue weighted by molar-refractivity contribution is 5.70. The van der Waals surface area contributed by atoms with Crippen molar-refractivity contribution in [1.29, 1.82) is 0 Å². The van der Waals surface area contributed by atoms with Crippen molar-refractivity contribution in [3.8, 4) is 0 Å². The van der Waals surface area contributed by atoms with Crippen LogP contribution in [-0.2, 0) is 57.0 Å². The molecular formula is C36H68O15. The maximum Gasteiger partial charge on any atom is 0.308 e. The average Bonchev–Trinajstić information content (AvgIpc) is 3.04. The first-order valence-electron chi connectivity index (χ1n) is 18.3. The summed E-state index contributed by atoms with van der Waals surface area (Å²) in [7, 11) is 0. The average molecular weight is 741 g/mol. The Kier molecular flexibility index (Phi) is 28.4. The molecule has 0 spiro atoms. The number of esters is 3. The second kappa shape index (κ2) is 29.5. The van der Waals surface area contributed by atoms with E-state index in [1.54, 1.807) is 41.5 Å². The first kappa shape index (κ1) is 49.0. The molecule has 15 nitrogen and oxygen atoms in total. The number of hydrogen-bond donors (Lipinski definition) is 3. The zero-order valence-electron chi connectivity index (χ0n) is 32.4. The Labute approximate surface area is 304 Å². The first-order valence-corrected chi connectivity index (χ1v) is 18.3. The second-order valence-electron chi connectivity index (χ2n) is 13.2. The number of hydrogen-bond acceptors (Lipinski definition) is 15. The standard InChI is InChI=1S/C36H68O15/c1-10-30(45-16-24(4)37)13-34(40)49-27(7)19-43-22-33(48-21-29(9)51-36(42)15-32(12-3)47-18-26(6)39)23-44-20-28(8)50-35(41)14-31(11-2)46-17-25(5)38/h24-33,37-39H,10-23H2,1-9H3. The van der Waals surface area contributed by atoms with E-state index in [-0.39, 0.29) is 90.4 Å². The topological polar surface area (TPSA) is 195 Å². The van der Waals surface area contributed by atoms with E-state index in [4.69, 9.17) is 42.6 Å². The number of carbonyl (C=O) groups is 3. The van der Waals surface area contributed by atoms with Gasteiger partial charge in [0.05, 0.1) is 109 Å². The lowest BCUT2D eigenvalue weighted by molar-refractivity contribution is -0.162. The molecule has 0 amide bonds. The van der Waals surface area contributed by atoms with Crippen molar-refractivity contribution in [2.45, 2.75) is 162 Å². The van der Waals surface area contributed by atoms with E-state index in [0.717, 1.165) is 0 Å². The van der Waals surface area contributed by atoms with Gasteiger partial charge in [0.2, 0.25) is 0 Å². The van der Waals surface area contributed by atoms with Crippen LogP contribution in [0.25, 0.3) is 0 Å². The fourth-order valence-corrected chi connectivity index (χ4v) is 4.41. The molecule has 9 atom stereocenters. The molecule has 302 valence electrons. The largest absolute Gasteiger partial charge is 0.460 e. The maximum atomic E-state index is 12.5. The SMILES string of the molecule is CCC(CC(=O)OC(C)COCC(COCC(C)OC(=O)CC(CC)OCC(C)O)OCC(C)OC(=O)CC(CC)OCC(C)O)OCC(C)O. The summed E-state index contributed by atoms with van der Waals surface area (Å²) in [6.45, 7) is 16.3. The molecule has 3 N–H and O–H groups in total. The van der Waals surface area contributed by atoms with Crippen LogP contribution in [0.5, 0.6) is 0 Å². The van der Waals surface area contributed by atoms with Crippen molar-refractivity contribution in [1.82, 2.24) is 0 Å². The van der Waals surface area contributed by atoms with Crippen LogP contribution in [0.1, 0.15) is 101 Å². The van der Waals surface area contributed by atoms with E-state index >= 15 is 0 Å². The molecule has 0 aliphatic rings. The molecule has 0 aliphatic heterocycles. The molecule has 0 aromatic rings. The fourth-order valence-electron chi connectivity index (χ4n) is 4.41. The Balaban J connectivity index is 5.05. The molecule has 0 rings (SSSR count). The molecule has 0 radical (unpaired) electrons. The zero-order valence-corrected chi connectivity index (χ0v) is 32.4. The third kappa shape index (κ3) is 28.3. The van der Waals surface area contributed by atoms with Crippen molar-refractivity contribution in [2.24, 2.45) is 0 Å². The Morgan fingerprint density at radius 2 is 0.686 bits per heavy atom. The second-order valence-corrected chi connectivity index (χ2v) is 13.2. The van der Waals surface area contributed by atoms with E-state index < -0.39 is 60.6 Å². The van der Waals surface area contributed by atoms with Crippen LogP contribution in [-0.4, -0.2) is 147 Å². The van der Waals surface area contributed by atoms with Crippen molar-refractivity contribution in [3.63, 3.8) is 0 Å². The zero-order chi connectivity index (χ0) is 38.8. The fraction of sp³-hybridized carbons (Fsp3) is 0.917. The van der Waals surface area contributed by atoms with Gasteiger partial charge in [-0.1, -0.05) is 20.8 Å². The van der Waals surface area contributed by atoms with E-state index in [9.17, 15) is 29.7 Å². The summed E-state index contributed by atoms with van der Waals surface area (Å²) in [4.78, 5) is 37.3. The Bertz CT molecular complexity index is 852. The molecule has 0 bridgehead atoms. The van der Waals surface area contributed by atoms with Crippen LogP contribution < -0.4 is 0 Å². The predicted octanol–water partition coefficient (Wildman–Crippen LogP) is 2.90. The number of aliphatic hydroxyl groups excluding tert-OH is 3. The highest BCUT2D eigenvalue weighted by atomic mass is 16.6. The molecule has 0 aromatic carbocycles. The molecule has 0 aromatic heterocycles. The van der Waals surface area contributed by atoms with Crippen LogP contribution in [0.4, 0.5) is 0 Å². The van der Waals surface area contributed by atoms with Gasteiger partial charge >= 0.3 is 17.9 Å². The molecule has 15 heteroatoms. The maximum absolute atomic E-state index is 12.5. The van der Waals surface area contributed by atoms with Gasteiger partial charge in [0.1, 0.15) is 24.4 Å². The molecule has 0 saturated carbocycles. The lowest BCUT2D eigenvalue weighted by Gasteiger charge is -2.23. The summed E-state index contributed by atoms with van der Waals surface area (Å²) >= 11 is 0. The quantitative estimate of drug-likeness (QED) is 0.0673. The minimum Gasteiger partial charge on any atom is -0.460 e. The van der Waals surface area contributed by atoms with Gasteiger partial charge in [0, 0.05) is 0 Å². The summed E-state index contributed by atoms with van der Waals surface area (Å²) in [5, 5.41) is 28.3. The highest BCUT2D eigenvalue weighted by Crippen LogP contribution is 2.11. The third-order valence-electron chi connectivity index (χ3n) is 7.15. The summed E-state index contributed by atoms with van der Waals surface area (Å²) < 4.78 is 50.7. The minimum absolute atomic E-state index is 0.0355. The highest BCUT2D eigenvalue weighted by Gasteiger charge is 2.22. The predicted molar refractivity (Wildman–Crippen MR) is 187 cm³/mol. The summed E-state index contributed by atoms with van der Waals surface area (Å²) in [5.74, 6) is -1.34. The third-order valence-corrected chi connectivity index (χ3v) is 7.15. The summed E-state index contributed by atoms with van der Waals surface area (Å²) in [6.07, 6.45) is -3.46. The van der Waals surface area contributed by atoms with Gasteiger partial charge in [-0.05, 0) is 60.8 Å². The van der Waals surface area contributed by atoms with Gasteiger partial charge in [0.25, 0.3) is 0 Å². The van der Waals surface area contributed by atoms with Gasteiger partial charge in [0.15, 0.2) is 0 Å². The summed E-state index contributed by atoms with van der Waals surface area (Å²) in [6, 6.07) is 0. The van der Waals surface area contributed by atoms with Crippen LogP contribution in [0.2, 0.25) is 0 Å². The van der Waals surface area contributed by atoms with E-state index in [0.29, 0.717) is 19.3 Å². The molecule has 0 fully saturated rings. The molecule has 0 saturated heterocycles. The number of ether oxygens (including phenoxy) is 9. The van der Waals surface area contributed by atoms with Gasteiger partial charge in [-0.15, -0.1) is 0 Å². The van der Waals surface area contributed by atoms with Crippen LogP contribution in [0.15, 0.2) is 0 Å². The van der Waals surface area contributed by atoms with Gasteiger partial charge in [-0.2, -0.15) is 0 Å². The van der Waals surface area contributed by atoms with Crippen molar-refractivity contribution < 1.29 is 72.3 Å². The summed E-state index contributed by atoms with van der Waals surface area (Å²) in [5.41, 5.74) is 0. The molecule has 9 unspecified atom stereocenters. The van der Waals surface area contributed by atoms with Crippen LogP contribution in [0, 0.1) is 0 Å². The Morgan fingerprint density at radius 1 is 0.412 bits per heavy atom. The van der Waals surface area contributed by atoms with E-state index in [1.807, 2.05) is 20.8 Å². The minimum atomic E-state index is -0.641. The smallest absolute Gasteiger partial charge is 0.308 e. The van der Waals surface area contributed by atoms with Gasteiger partial charge in [-0.25, -0.2) is 0 Å². The molecule has 51 heavy (non-hydrogen) atoms. The molecule has 0 aliphatic carbocycles.